The van der Waals surface area contributed by atoms with E-state index >= 15 is 0 Å². The molecule has 0 amide bonds. The van der Waals surface area contributed by atoms with Crippen molar-refractivity contribution < 1.29 is 0 Å². The molecule has 0 radical (unpaired) electrons. The minimum absolute atomic E-state index is 0.200. The van der Waals surface area contributed by atoms with E-state index in [9.17, 15) is 0 Å². The van der Waals surface area contributed by atoms with Gasteiger partial charge >= 0.3 is 0 Å². The van der Waals surface area contributed by atoms with Crippen molar-refractivity contribution in [3.63, 3.8) is 0 Å². The predicted octanol–water partition coefficient (Wildman–Crippen LogP) is 5.83. The van der Waals surface area contributed by atoms with Gasteiger partial charge in [-0.3, -0.25) is 0 Å². The molecular weight excluding hydrogens is 364 g/mol. The van der Waals surface area contributed by atoms with E-state index in [-0.39, 0.29) is 5.41 Å². The van der Waals surface area contributed by atoms with E-state index in [1.165, 1.54) is 50.5 Å². The Bertz CT molecular complexity index is 703. The Hall–Kier alpha value is -0.600. The molecule has 0 aromatic heterocycles. The summed E-state index contributed by atoms with van der Waals surface area (Å²) in [5.74, 6) is 0. The molecule has 4 rings (SSSR count). The average molecular weight is 378 g/mol. The Kier molecular flexibility index (Phi) is 2.53. The third-order valence-electron chi connectivity index (χ3n) is 4.78. The molecule has 1 atom stereocenters. The molecule has 2 heteroatoms. The second-order valence-electron chi connectivity index (χ2n) is 5.82. The van der Waals surface area contributed by atoms with Gasteiger partial charge in [-0.2, -0.15) is 0 Å². The number of halogens is 2. The van der Waals surface area contributed by atoms with Crippen LogP contribution in [0, 0.1) is 0 Å². The molecule has 1 unspecified atom stereocenters. The summed E-state index contributed by atoms with van der Waals surface area (Å²) in [6, 6.07) is 11.3. The molecule has 0 aliphatic heterocycles. The molecule has 0 N–H and O–H groups in total. The van der Waals surface area contributed by atoms with Gasteiger partial charge in [0, 0.05) is 14.4 Å². The van der Waals surface area contributed by atoms with Gasteiger partial charge in [-0.25, -0.2) is 0 Å². The first-order chi connectivity index (χ1) is 9.11. The molecule has 0 spiro atoms. The van der Waals surface area contributed by atoms with Gasteiger partial charge in [0.15, 0.2) is 0 Å². The quantitative estimate of drug-likeness (QED) is 0.541. The van der Waals surface area contributed by atoms with Gasteiger partial charge in [-0.15, -0.1) is 0 Å². The van der Waals surface area contributed by atoms with E-state index in [1.54, 1.807) is 5.56 Å². The zero-order valence-corrected chi connectivity index (χ0v) is 13.9. The van der Waals surface area contributed by atoms with Crippen molar-refractivity contribution in [3.8, 4) is 11.1 Å². The van der Waals surface area contributed by atoms with Gasteiger partial charge in [0.1, 0.15) is 0 Å². The Labute approximate surface area is 130 Å². The maximum Gasteiger partial charge on any atom is 0.0210 e. The van der Waals surface area contributed by atoms with Crippen LogP contribution in [0.1, 0.15) is 36.5 Å². The first-order valence-corrected chi connectivity index (χ1v) is 8.32. The second-order valence-corrected chi connectivity index (χ2v) is 7.59. The lowest BCUT2D eigenvalue weighted by atomic mass is 9.70. The Morgan fingerprint density at radius 1 is 1.05 bits per heavy atom. The highest BCUT2D eigenvalue weighted by molar-refractivity contribution is 9.10. The number of fused-ring (bicyclic) bond motifs is 3. The summed E-state index contributed by atoms with van der Waals surface area (Å²) in [5, 5.41) is 0. The Morgan fingerprint density at radius 3 is 2.68 bits per heavy atom. The predicted molar refractivity (Wildman–Crippen MR) is 86.7 cm³/mol. The first kappa shape index (κ1) is 12.2. The standard InChI is InChI=1S/C17H14Br2/c1-17-8-2-3-13-15(19)7-6-12(16(13)17)11-5-4-10(18)9-14(11)17/h4-7,9H,2-3,8H2,1H3. The van der Waals surface area contributed by atoms with Crippen molar-refractivity contribution in [1.82, 2.24) is 0 Å². The van der Waals surface area contributed by atoms with Crippen LogP contribution in [0.4, 0.5) is 0 Å². The zero-order valence-electron chi connectivity index (χ0n) is 10.8. The largest absolute Gasteiger partial charge is 0.0529 e. The van der Waals surface area contributed by atoms with Gasteiger partial charge in [-0.1, -0.05) is 50.9 Å². The van der Waals surface area contributed by atoms with E-state index in [0.29, 0.717) is 0 Å². The maximum absolute atomic E-state index is 3.75. The van der Waals surface area contributed by atoms with Gasteiger partial charge in [-0.05, 0) is 65.3 Å². The minimum atomic E-state index is 0.200. The molecule has 96 valence electrons. The molecule has 0 bridgehead atoms. The summed E-state index contributed by atoms with van der Waals surface area (Å²) < 4.78 is 2.47. The Balaban J connectivity index is 2.14. The Morgan fingerprint density at radius 2 is 1.84 bits per heavy atom. The van der Waals surface area contributed by atoms with Crippen LogP contribution in [0.3, 0.4) is 0 Å². The fourth-order valence-electron chi connectivity index (χ4n) is 3.94. The number of hydrogen-bond donors (Lipinski definition) is 0. The molecule has 2 aromatic carbocycles. The van der Waals surface area contributed by atoms with Crippen LogP contribution in [0.25, 0.3) is 11.1 Å². The molecule has 19 heavy (non-hydrogen) atoms. The van der Waals surface area contributed by atoms with Crippen molar-refractivity contribution in [3.05, 3.63) is 56.0 Å². The summed E-state index contributed by atoms with van der Waals surface area (Å²) >= 11 is 7.38. The SMILES string of the molecule is CC12CCCc3c(Br)ccc(c31)-c1ccc(Br)cc12. The monoisotopic (exact) mass is 376 g/mol. The summed E-state index contributed by atoms with van der Waals surface area (Å²) in [6.45, 7) is 2.42. The van der Waals surface area contributed by atoms with Crippen molar-refractivity contribution in [1.29, 1.82) is 0 Å². The summed E-state index contributed by atoms with van der Waals surface area (Å²) in [6.07, 6.45) is 3.74. The normalized spacial score (nSPS) is 23.1. The smallest absolute Gasteiger partial charge is 0.0210 e. The summed E-state index contributed by atoms with van der Waals surface area (Å²) in [5.41, 5.74) is 7.67. The van der Waals surface area contributed by atoms with Crippen LogP contribution in [0.5, 0.6) is 0 Å². The molecule has 0 heterocycles. The van der Waals surface area contributed by atoms with Gasteiger partial charge in [0.05, 0.1) is 0 Å². The molecule has 2 aliphatic carbocycles. The van der Waals surface area contributed by atoms with Gasteiger partial charge in [0.2, 0.25) is 0 Å². The summed E-state index contributed by atoms with van der Waals surface area (Å²) in [7, 11) is 0. The van der Waals surface area contributed by atoms with E-state index in [4.69, 9.17) is 0 Å². The van der Waals surface area contributed by atoms with Crippen LogP contribution in [-0.2, 0) is 11.8 Å². The highest BCUT2D eigenvalue weighted by atomic mass is 79.9. The van der Waals surface area contributed by atoms with Gasteiger partial charge < -0.3 is 0 Å². The fraction of sp³-hybridized carbons (Fsp3) is 0.294. The van der Waals surface area contributed by atoms with Crippen LogP contribution in [0.2, 0.25) is 0 Å². The number of benzene rings is 2. The molecular formula is C17H14Br2. The van der Waals surface area contributed by atoms with E-state index in [2.05, 4.69) is 69.1 Å². The minimum Gasteiger partial charge on any atom is -0.0529 e. The van der Waals surface area contributed by atoms with E-state index in [0.717, 1.165) is 0 Å². The molecule has 0 saturated heterocycles. The number of rotatable bonds is 0. The lowest BCUT2D eigenvalue weighted by Gasteiger charge is -2.34. The second kappa shape index (κ2) is 3.95. The third kappa shape index (κ3) is 1.50. The van der Waals surface area contributed by atoms with Gasteiger partial charge in [0.25, 0.3) is 0 Å². The van der Waals surface area contributed by atoms with Crippen LogP contribution in [-0.4, -0.2) is 0 Å². The molecule has 2 aromatic rings. The van der Waals surface area contributed by atoms with Crippen LogP contribution in [0.15, 0.2) is 39.3 Å². The zero-order chi connectivity index (χ0) is 13.2. The molecule has 0 nitrogen and oxygen atoms in total. The third-order valence-corrected chi connectivity index (χ3v) is 6.01. The topological polar surface area (TPSA) is 0 Å². The van der Waals surface area contributed by atoms with Crippen LogP contribution < -0.4 is 0 Å². The molecule has 2 aliphatic rings. The fourth-order valence-corrected chi connectivity index (χ4v) is 4.83. The number of hydrogen-bond acceptors (Lipinski definition) is 0. The molecule has 0 saturated carbocycles. The first-order valence-electron chi connectivity index (χ1n) is 6.73. The maximum atomic E-state index is 3.75. The lowest BCUT2D eigenvalue weighted by molar-refractivity contribution is 0.475. The van der Waals surface area contributed by atoms with E-state index in [1.807, 2.05) is 0 Å². The van der Waals surface area contributed by atoms with Crippen molar-refractivity contribution >= 4 is 31.9 Å². The highest BCUT2D eigenvalue weighted by Crippen LogP contribution is 2.56. The van der Waals surface area contributed by atoms with Crippen molar-refractivity contribution in [2.75, 3.05) is 0 Å². The highest BCUT2D eigenvalue weighted by Gasteiger charge is 2.43. The van der Waals surface area contributed by atoms with Crippen molar-refractivity contribution in [2.24, 2.45) is 0 Å². The van der Waals surface area contributed by atoms with Crippen molar-refractivity contribution in [2.45, 2.75) is 31.6 Å². The average Bonchev–Trinajstić information content (AvgIpc) is 2.64. The molecule has 0 fully saturated rings. The summed E-state index contributed by atoms with van der Waals surface area (Å²) in [4.78, 5) is 0. The van der Waals surface area contributed by atoms with Crippen LogP contribution >= 0.6 is 31.9 Å². The lowest BCUT2D eigenvalue weighted by Crippen LogP contribution is -2.26. The van der Waals surface area contributed by atoms with E-state index < -0.39 is 0 Å².